The molecule has 0 aliphatic carbocycles. The molecule has 5 heteroatoms. The molecule has 94 valence electrons. The molecule has 3 nitrogen and oxygen atoms in total. The van der Waals surface area contributed by atoms with Crippen LogP contribution in [0, 0.1) is 13.8 Å². The van der Waals surface area contributed by atoms with Crippen LogP contribution in [0.15, 0.2) is 18.2 Å². The van der Waals surface area contributed by atoms with Crippen molar-refractivity contribution < 1.29 is 18.7 Å². The predicted molar refractivity (Wildman–Crippen MR) is 60.3 cm³/mol. The summed E-state index contributed by atoms with van der Waals surface area (Å²) in [6, 6.07) is 5.14. The number of carbonyl (C=O) groups excluding carboxylic acids is 1. The van der Waals surface area contributed by atoms with E-state index in [0.717, 1.165) is 11.1 Å². The number of aliphatic hydroxyl groups is 1. The van der Waals surface area contributed by atoms with E-state index in [2.05, 4.69) is 5.32 Å². The second-order valence-electron chi connectivity index (χ2n) is 4.02. The van der Waals surface area contributed by atoms with Gasteiger partial charge in [0.15, 0.2) is 0 Å². The second kappa shape index (κ2) is 5.23. The highest BCUT2D eigenvalue weighted by Gasteiger charge is 2.28. The molecule has 0 radical (unpaired) electrons. The first-order chi connectivity index (χ1) is 7.85. The van der Waals surface area contributed by atoms with Crippen molar-refractivity contribution in [2.45, 2.75) is 19.8 Å². The lowest BCUT2D eigenvalue weighted by molar-refractivity contribution is -0.0462. The smallest absolute Gasteiger partial charge is 0.287 e. The zero-order valence-corrected chi connectivity index (χ0v) is 9.76. The van der Waals surface area contributed by atoms with Gasteiger partial charge in [0.2, 0.25) is 0 Å². The molecule has 0 heterocycles. The number of amides is 1. The highest BCUT2D eigenvalue weighted by atomic mass is 19.3. The van der Waals surface area contributed by atoms with E-state index in [1.54, 1.807) is 25.1 Å². The summed E-state index contributed by atoms with van der Waals surface area (Å²) < 4.78 is 25.5. The topological polar surface area (TPSA) is 49.3 Å². The molecule has 0 spiro atoms. The number of nitrogens with one attached hydrogen (secondary N) is 1. The maximum Gasteiger partial charge on any atom is 0.287 e. The summed E-state index contributed by atoms with van der Waals surface area (Å²) in [4.78, 5) is 11.6. The number of carbonyl (C=O) groups is 1. The molecule has 0 unspecified atom stereocenters. The van der Waals surface area contributed by atoms with E-state index in [9.17, 15) is 13.6 Å². The summed E-state index contributed by atoms with van der Waals surface area (Å²) in [6.45, 7) is 1.48. The van der Waals surface area contributed by atoms with E-state index in [4.69, 9.17) is 5.11 Å². The van der Waals surface area contributed by atoms with Crippen molar-refractivity contribution in [2.75, 3.05) is 13.2 Å². The average molecular weight is 243 g/mol. The van der Waals surface area contributed by atoms with Crippen molar-refractivity contribution in [3.8, 4) is 0 Å². The van der Waals surface area contributed by atoms with E-state index >= 15 is 0 Å². The zero-order chi connectivity index (χ0) is 13.1. The van der Waals surface area contributed by atoms with Gasteiger partial charge in [0, 0.05) is 5.56 Å². The molecule has 0 aliphatic heterocycles. The normalized spacial score (nSPS) is 11.4. The van der Waals surface area contributed by atoms with Crippen LogP contribution in [0.1, 0.15) is 21.5 Å². The monoisotopic (exact) mass is 243 g/mol. The molecule has 0 saturated heterocycles. The number of hydrogen-bond donors (Lipinski definition) is 2. The quantitative estimate of drug-likeness (QED) is 0.845. The van der Waals surface area contributed by atoms with Crippen LogP contribution in [-0.2, 0) is 0 Å². The Labute approximate surface area is 98.5 Å². The lowest BCUT2D eigenvalue weighted by Crippen LogP contribution is -2.39. The number of alkyl halides is 2. The van der Waals surface area contributed by atoms with Gasteiger partial charge in [-0.05, 0) is 25.5 Å². The minimum absolute atomic E-state index is 0.365. The Bertz CT molecular complexity index is 419. The maximum absolute atomic E-state index is 12.7. The summed E-state index contributed by atoms with van der Waals surface area (Å²) >= 11 is 0. The van der Waals surface area contributed by atoms with Crippen molar-refractivity contribution in [3.05, 3.63) is 34.9 Å². The molecule has 0 saturated carbocycles. The van der Waals surface area contributed by atoms with Gasteiger partial charge in [-0.25, -0.2) is 8.78 Å². The Kier molecular flexibility index (Phi) is 4.17. The Hall–Kier alpha value is -1.49. The van der Waals surface area contributed by atoms with E-state index in [1.807, 2.05) is 6.92 Å². The summed E-state index contributed by atoms with van der Waals surface area (Å²) in [7, 11) is 0. The highest BCUT2D eigenvalue weighted by Crippen LogP contribution is 2.13. The Balaban J connectivity index is 2.71. The van der Waals surface area contributed by atoms with Gasteiger partial charge in [0.1, 0.15) is 6.61 Å². The second-order valence-corrected chi connectivity index (χ2v) is 4.02. The number of rotatable bonds is 4. The Morgan fingerprint density at radius 1 is 1.41 bits per heavy atom. The molecular weight excluding hydrogens is 228 g/mol. The summed E-state index contributed by atoms with van der Waals surface area (Å²) in [5.74, 6) is -3.84. The van der Waals surface area contributed by atoms with Crippen LogP contribution in [0.3, 0.4) is 0 Å². The van der Waals surface area contributed by atoms with Crippen molar-refractivity contribution in [1.29, 1.82) is 0 Å². The van der Waals surface area contributed by atoms with Crippen molar-refractivity contribution >= 4 is 5.91 Å². The standard InChI is InChI=1S/C12H15F2NO2/c1-8-3-4-10(9(2)5-8)11(17)15-6-12(13,14)7-16/h3-5,16H,6-7H2,1-2H3,(H,15,17). The molecule has 1 aromatic rings. The molecule has 0 aliphatic rings. The largest absolute Gasteiger partial charge is 0.390 e. The fourth-order valence-corrected chi connectivity index (χ4v) is 1.43. The summed E-state index contributed by atoms with van der Waals surface area (Å²) in [6.07, 6.45) is 0. The van der Waals surface area contributed by atoms with E-state index in [-0.39, 0.29) is 0 Å². The molecule has 1 amide bonds. The van der Waals surface area contributed by atoms with Crippen molar-refractivity contribution in [3.63, 3.8) is 0 Å². The van der Waals surface area contributed by atoms with Crippen molar-refractivity contribution in [2.24, 2.45) is 0 Å². The minimum Gasteiger partial charge on any atom is -0.390 e. The molecule has 2 N–H and O–H groups in total. The molecule has 17 heavy (non-hydrogen) atoms. The summed E-state index contributed by atoms with van der Waals surface area (Å²) in [5, 5.41) is 10.5. The van der Waals surface area contributed by atoms with E-state index < -0.39 is 25.0 Å². The van der Waals surface area contributed by atoms with Crippen LogP contribution < -0.4 is 5.32 Å². The van der Waals surface area contributed by atoms with Crippen LogP contribution in [0.2, 0.25) is 0 Å². The number of halogens is 2. The van der Waals surface area contributed by atoms with Crippen LogP contribution in [-0.4, -0.2) is 30.1 Å². The summed E-state index contributed by atoms with van der Waals surface area (Å²) in [5.41, 5.74) is 2.10. The highest BCUT2D eigenvalue weighted by molar-refractivity contribution is 5.95. The minimum atomic E-state index is -3.28. The Morgan fingerprint density at radius 3 is 2.59 bits per heavy atom. The third-order valence-corrected chi connectivity index (χ3v) is 2.37. The van der Waals surface area contributed by atoms with E-state index in [0.29, 0.717) is 5.56 Å². The SMILES string of the molecule is Cc1ccc(C(=O)NCC(F)(F)CO)c(C)c1. The van der Waals surface area contributed by atoms with Gasteiger partial charge in [-0.1, -0.05) is 17.7 Å². The van der Waals surface area contributed by atoms with Gasteiger partial charge in [-0.3, -0.25) is 4.79 Å². The number of aliphatic hydroxyl groups excluding tert-OH is 1. The number of aryl methyl sites for hydroxylation is 2. The van der Waals surface area contributed by atoms with Crippen LogP contribution in [0.4, 0.5) is 8.78 Å². The first-order valence-corrected chi connectivity index (χ1v) is 5.20. The fourth-order valence-electron chi connectivity index (χ4n) is 1.43. The number of hydrogen-bond acceptors (Lipinski definition) is 2. The van der Waals surface area contributed by atoms with Gasteiger partial charge in [-0.2, -0.15) is 0 Å². The lowest BCUT2D eigenvalue weighted by atomic mass is 10.1. The molecule has 1 rings (SSSR count). The number of benzene rings is 1. The third kappa shape index (κ3) is 3.78. The molecule has 0 fully saturated rings. The van der Waals surface area contributed by atoms with Gasteiger partial charge in [0.05, 0.1) is 6.54 Å². The average Bonchev–Trinajstić information content (AvgIpc) is 2.26. The first-order valence-electron chi connectivity index (χ1n) is 5.20. The maximum atomic E-state index is 12.7. The van der Waals surface area contributed by atoms with Gasteiger partial charge in [0.25, 0.3) is 11.8 Å². The first kappa shape index (κ1) is 13.6. The van der Waals surface area contributed by atoms with Gasteiger partial charge >= 0.3 is 0 Å². The fraction of sp³-hybridized carbons (Fsp3) is 0.417. The third-order valence-electron chi connectivity index (χ3n) is 2.37. The van der Waals surface area contributed by atoms with Gasteiger partial charge in [-0.15, -0.1) is 0 Å². The molecule has 1 aromatic carbocycles. The molecular formula is C12H15F2NO2. The van der Waals surface area contributed by atoms with Gasteiger partial charge < -0.3 is 10.4 Å². The van der Waals surface area contributed by atoms with Crippen molar-refractivity contribution in [1.82, 2.24) is 5.32 Å². The Morgan fingerprint density at radius 2 is 2.06 bits per heavy atom. The van der Waals surface area contributed by atoms with Crippen LogP contribution in [0.25, 0.3) is 0 Å². The molecule has 0 aromatic heterocycles. The molecule has 0 bridgehead atoms. The van der Waals surface area contributed by atoms with Crippen LogP contribution in [0.5, 0.6) is 0 Å². The zero-order valence-electron chi connectivity index (χ0n) is 9.76. The lowest BCUT2D eigenvalue weighted by Gasteiger charge is -2.14. The van der Waals surface area contributed by atoms with Crippen LogP contribution >= 0.6 is 0 Å². The van der Waals surface area contributed by atoms with E-state index in [1.165, 1.54) is 0 Å². The predicted octanol–water partition coefficient (Wildman–Crippen LogP) is 1.66. The molecule has 0 atom stereocenters.